The molecular weight excluding hydrogens is 635 g/mol. The van der Waals surface area contributed by atoms with E-state index in [2.05, 4.69) is 107 Å². The Balaban J connectivity index is 1.32. The van der Waals surface area contributed by atoms with Crippen LogP contribution in [-0.4, -0.2) is 24.4 Å². The van der Waals surface area contributed by atoms with Crippen LogP contribution in [0.5, 0.6) is 0 Å². The first-order valence-electron chi connectivity index (χ1n) is 15.6. The second kappa shape index (κ2) is 10.7. The number of furan rings is 1. The van der Waals surface area contributed by atoms with E-state index in [0.717, 1.165) is 64.6 Å². The van der Waals surface area contributed by atoms with Crippen molar-refractivity contribution in [2.75, 3.05) is 0 Å². The number of benzene rings is 5. The average molecular weight is 660 g/mol. The molecule has 9 heteroatoms. The molecule has 1 atom stereocenters. The molecule has 0 saturated carbocycles. The number of H-pyrrole nitrogens is 2. The lowest BCUT2D eigenvalue weighted by atomic mass is 9.85. The zero-order chi connectivity index (χ0) is 31.7. The van der Waals surface area contributed by atoms with Gasteiger partial charge in [0.25, 0.3) is 0 Å². The van der Waals surface area contributed by atoms with Crippen molar-refractivity contribution in [1.82, 2.24) is 24.4 Å². The second-order valence-electron chi connectivity index (χ2n) is 11.7. The van der Waals surface area contributed by atoms with E-state index in [9.17, 15) is 0 Å². The van der Waals surface area contributed by atoms with Crippen LogP contribution < -0.4 is 0 Å². The van der Waals surface area contributed by atoms with Crippen LogP contribution in [0, 0.1) is 0 Å². The third-order valence-electron chi connectivity index (χ3n) is 9.01. The highest BCUT2D eigenvalue weighted by atomic mass is 32.2. The van der Waals surface area contributed by atoms with Crippen LogP contribution in [0.4, 0.5) is 0 Å². The van der Waals surface area contributed by atoms with E-state index in [1.54, 1.807) is 17.5 Å². The number of fused-ring (bicyclic) bond motifs is 5. The number of imidazole rings is 1. The summed E-state index contributed by atoms with van der Waals surface area (Å²) in [6.07, 6.45) is 5.45. The highest BCUT2D eigenvalue weighted by Gasteiger charge is 2.59. The standard InChI is InChI=1S/C39H25N5O2S2/c1-3-12-26-24(9-1)11-7-18-32(26)48-44-39(38-42-21-22-47-38,33-23-25-10-2-6-17-31(25)45-33)34(37-40-19-20-41-37)36(46-44)29-15-8-14-28-27-13-4-5-16-30(27)43-35(28)29/h1-23,43H,(H,40,41). The van der Waals surface area contributed by atoms with Gasteiger partial charge in [0.05, 0.1) is 11.1 Å². The first-order valence-corrected chi connectivity index (χ1v) is 17.2. The van der Waals surface area contributed by atoms with Crippen molar-refractivity contribution in [1.29, 1.82) is 0 Å². The summed E-state index contributed by atoms with van der Waals surface area (Å²) >= 11 is 3.08. The minimum atomic E-state index is -1.14. The zero-order valence-electron chi connectivity index (χ0n) is 25.3. The van der Waals surface area contributed by atoms with E-state index in [1.807, 2.05) is 40.4 Å². The Morgan fingerprint density at radius 2 is 1.54 bits per heavy atom. The molecule has 0 saturated heterocycles. The summed E-state index contributed by atoms with van der Waals surface area (Å²) in [6, 6.07) is 39.6. The van der Waals surface area contributed by atoms with Crippen LogP contribution in [0.3, 0.4) is 0 Å². The average Bonchev–Trinajstić information content (AvgIpc) is 3.97. The molecule has 1 aliphatic heterocycles. The van der Waals surface area contributed by atoms with Gasteiger partial charge in [0.1, 0.15) is 22.2 Å². The lowest BCUT2D eigenvalue weighted by molar-refractivity contribution is -0.0224. The largest absolute Gasteiger partial charge is 0.458 e. The van der Waals surface area contributed by atoms with Crippen LogP contribution in [0.2, 0.25) is 0 Å². The highest BCUT2D eigenvalue weighted by molar-refractivity contribution is 7.97. The SMILES string of the molecule is c1ccc2oc(C3(c4nccs4)C(c4ncc[nH]4)=C(c4cccc5c4[nH]c4ccccc45)ON3Sc3cccc4ccccc34)cc2c1. The van der Waals surface area contributed by atoms with Gasteiger partial charge in [-0.2, -0.15) is 0 Å². The van der Waals surface area contributed by atoms with Gasteiger partial charge in [-0.05, 0) is 53.1 Å². The summed E-state index contributed by atoms with van der Waals surface area (Å²) in [5, 5.41) is 8.31. The second-order valence-corrected chi connectivity index (χ2v) is 13.5. The molecule has 4 aromatic heterocycles. The van der Waals surface area contributed by atoms with Crippen molar-refractivity contribution in [3.8, 4) is 0 Å². The molecule has 9 aromatic rings. The number of rotatable bonds is 6. The highest BCUT2D eigenvalue weighted by Crippen LogP contribution is 2.60. The van der Waals surface area contributed by atoms with E-state index in [-0.39, 0.29) is 0 Å². The Kier molecular flexibility index (Phi) is 6.14. The summed E-state index contributed by atoms with van der Waals surface area (Å²) in [7, 11) is 0. The summed E-state index contributed by atoms with van der Waals surface area (Å²) in [5.41, 5.74) is 3.39. The van der Waals surface area contributed by atoms with E-state index in [4.69, 9.17) is 19.2 Å². The zero-order valence-corrected chi connectivity index (χ0v) is 26.9. The maximum absolute atomic E-state index is 7.23. The van der Waals surface area contributed by atoms with Gasteiger partial charge in [-0.15, -0.1) is 11.3 Å². The quantitative estimate of drug-likeness (QED) is 0.173. The number of hydrogen-bond acceptors (Lipinski definition) is 7. The Labute approximate surface area is 282 Å². The minimum Gasteiger partial charge on any atom is -0.458 e. The molecule has 0 bridgehead atoms. The fourth-order valence-electron chi connectivity index (χ4n) is 6.90. The van der Waals surface area contributed by atoms with Crippen molar-refractivity contribution in [2.45, 2.75) is 10.4 Å². The molecule has 5 aromatic carbocycles. The van der Waals surface area contributed by atoms with Gasteiger partial charge >= 0.3 is 0 Å². The Morgan fingerprint density at radius 1 is 0.750 bits per heavy atom. The third kappa shape index (κ3) is 3.99. The smallest absolute Gasteiger partial charge is 0.209 e. The van der Waals surface area contributed by atoms with Crippen molar-refractivity contribution >= 4 is 78.2 Å². The Hall–Kier alpha value is -5.61. The van der Waals surface area contributed by atoms with Gasteiger partial charge in [0.2, 0.25) is 5.54 Å². The maximum atomic E-state index is 7.23. The van der Waals surface area contributed by atoms with Crippen LogP contribution in [-0.2, 0) is 10.4 Å². The first-order chi connectivity index (χ1) is 23.8. The summed E-state index contributed by atoms with van der Waals surface area (Å²) in [4.78, 5) is 25.3. The molecular formula is C39H25N5O2S2. The summed E-state index contributed by atoms with van der Waals surface area (Å²) in [5.74, 6) is 2.00. The number of aromatic amines is 2. The predicted octanol–water partition coefficient (Wildman–Crippen LogP) is 10.2. The van der Waals surface area contributed by atoms with E-state index in [0.29, 0.717) is 17.3 Å². The maximum Gasteiger partial charge on any atom is 0.209 e. The van der Waals surface area contributed by atoms with Gasteiger partial charge in [-0.3, -0.25) is 0 Å². The molecule has 48 heavy (non-hydrogen) atoms. The van der Waals surface area contributed by atoms with E-state index < -0.39 is 5.54 Å². The molecule has 1 unspecified atom stereocenters. The lowest BCUT2D eigenvalue weighted by Crippen LogP contribution is -2.39. The topological polar surface area (TPSA) is 83.0 Å². The molecule has 230 valence electrons. The van der Waals surface area contributed by atoms with Gasteiger partial charge in [-0.1, -0.05) is 89.4 Å². The molecule has 5 heterocycles. The third-order valence-corrected chi connectivity index (χ3v) is 11.0. The van der Waals surface area contributed by atoms with Crippen molar-refractivity contribution < 1.29 is 9.25 Å². The minimum absolute atomic E-state index is 0.658. The molecule has 0 radical (unpaired) electrons. The number of hydrogen-bond donors (Lipinski definition) is 2. The number of thiazole rings is 1. The first kappa shape index (κ1) is 27.5. The number of aromatic nitrogens is 4. The van der Waals surface area contributed by atoms with Crippen molar-refractivity contribution in [3.05, 3.63) is 161 Å². The molecule has 0 fully saturated rings. The van der Waals surface area contributed by atoms with Crippen molar-refractivity contribution in [3.63, 3.8) is 0 Å². The van der Waals surface area contributed by atoms with Gasteiger partial charge in [-0.25, -0.2) is 9.97 Å². The van der Waals surface area contributed by atoms with Crippen LogP contribution in [0.15, 0.2) is 149 Å². The Bertz CT molecular complexity index is 2620. The number of hydroxylamine groups is 1. The van der Waals surface area contributed by atoms with E-state index in [1.165, 1.54) is 11.9 Å². The normalized spacial score (nSPS) is 16.9. The lowest BCUT2D eigenvalue weighted by Gasteiger charge is -2.33. The molecule has 7 nitrogen and oxygen atoms in total. The number of nitrogens with one attached hydrogen (secondary N) is 2. The molecule has 0 aliphatic carbocycles. The van der Waals surface area contributed by atoms with Gasteiger partial charge in [0, 0.05) is 56.1 Å². The Morgan fingerprint density at radius 3 is 2.40 bits per heavy atom. The molecule has 0 spiro atoms. The summed E-state index contributed by atoms with van der Waals surface area (Å²) in [6.45, 7) is 0. The number of para-hydroxylation sites is 3. The van der Waals surface area contributed by atoms with E-state index >= 15 is 0 Å². The van der Waals surface area contributed by atoms with Gasteiger partial charge in [0.15, 0.2) is 5.76 Å². The predicted molar refractivity (Wildman–Crippen MR) is 193 cm³/mol. The fraction of sp³-hybridized carbons (Fsp3) is 0.0256. The molecule has 10 rings (SSSR count). The van der Waals surface area contributed by atoms with Crippen LogP contribution in [0.1, 0.15) is 22.2 Å². The molecule has 1 aliphatic rings. The molecule has 2 N–H and O–H groups in total. The molecule has 0 amide bonds. The monoisotopic (exact) mass is 659 g/mol. The summed E-state index contributed by atoms with van der Waals surface area (Å²) < 4.78 is 8.79. The van der Waals surface area contributed by atoms with Crippen LogP contribution in [0.25, 0.3) is 54.9 Å². The van der Waals surface area contributed by atoms with Gasteiger partial charge < -0.3 is 19.2 Å². The number of nitrogens with zero attached hydrogens (tertiary/aromatic N) is 3. The van der Waals surface area contributed by atoms with Crippen LogP contribution >= 0.6 is 23.3 Å². The fourth-order valence-corrected chi connectivity index (χ4v) is 8.90. The van der Waals surface area contributed by atoms with Crippen molar-refractivity contribution in [2.24, 2.45) is 0 Å².